The van der Waals surface area contributed by atoms with Crippen molar-refractivity contribution in [1.82, 2.24) is 4.31 Å². The van der Waals surface area contributed by atoms with Gasteiger partial charge in [-0.15, -0.1) is 0 Å². The first-order valence-corrected chi connectivity index (χ1v) is 9.37. The fourth-order valence-electron chi connectivity index (χ4n) is 2.85. The molecule has 1 aliphatic rings. The van der Waals surface area contributed by atoms with Crippen molar-refractivity contribution in [3.8, 4) is 11.5 Å². The van der Waals surface area contributed by atoms with Crippen LogP contribution < -0.4 is 9.47 Å². The van der Waals surface area contributed by atoms with Crippen LogP contribution in [-0.4, -0.2) is 33.5 Å². The highest BCUT2D eigenvalue weighted by Gasteiger charge is 2.29. The molecule has 0 spiro atoms. The molecular formula is C17H17ClFNO4S. The van der Waals surface area contributed by atoms with Gasteiger partial charge in [0, 0.05) is 13.1 Å². The number of fused-ring (bicyclic) bond motifs is 1. The summed E-state index contributed by atoms with van der Waals surface area (Å²) >= 11 is 5.72. The summed E-state index contributed by atoms with van der Waals surface area (Å²) in [6.07, 6.45) is 0.545. The van der Waals surface area contributed by atoms with Crippen molar-refractivity contribution in [2.45, 2.75) is 17.9 Å². The highest BCUT2D eigenvalue weighted by Crippen LogP contribution is 2.34. The van der Waals surface area contributed by atoms with Crippen molar-refractivity contribution in [2.75, 3.05) is 20.8 Å². The molecule has 8 heteroatoms. The highest BCUT2D eigenvalue weighted by atomic mass is 35.5. The number of nitrogens with zero attached hydrogens (tertiary/aromatic N) is 1. The molecule has 2 aromatic carbocycles. The minimum Gasteiger partial charge on any atom is -0.493 e. The van der Waals surface area contributed by atoms with E-state index >= 15 is 0 Å². The lowest BCUT2D eigenvalue weighted by Crippen LogP contribution is -2.36. The van der Waals surface area contributed by atoms with Gasteiger partial charge in [0.15, 0.2) is 11.5 Å². The molecule has 0 saturated carbocycles. The Morgan fingerprint density at radius 2 is 1.72 bits per heavy atom. The van der Waals surface area contributed by atoms with Gasteiger partial charge in [0.25, 0.3) is 0 Å². The summed E-state index contributed by atoms with van der Waals surface area (Å²) in [4.78, 5) is -0.0252. The van der Waals surface area contributed by atoms with Crippen LogP contribution in [0.1, 0.15) is 11.1 Å². The maximum Gasteiger partial charge on any atom is 0.243 e. The van der Waals surface area contributed by atoms with E-state index < -0.39 is 15.8 Å². The van der Waals surface area contributed by atoms with E-state index in [1.165, 1.54) is 17.5 Å². The fourth-order valence-corrected chi connectivity index (χ4v) is 4.54. The predicted molar refractivity (Wildman–Crippen MR) is 92.3 cm³/mol. The van der Waals surface area contributed by atoms with Crippen LogP contribution in [0.4, 0.5) is 4.39 Å². The second kappa shape index (κ2) is 6.82. The van der Waals surface area contributed by atoms with E-state index in [1.54, 1.807) is 13.2 Å². The van der Waals surface area contributed by atoms with E-state index in [4.69, 9.17) is 21.1 Å². The lowest BCUT2D eigenvalue weighted by Gasteiger charge is -2.29. The number of rotatable bonds is 4. The standard InChI is InChI=1S/C17H17ClFNO4S/c1-23-16-7-11-5-6-20(10-12(11)8-17(16)24-2)25(21,22)13-3-4-15(19)14(18)9-13/h3-4,7-9H,5-6,10H2,1-2H3. The molecule has 0 radical (unpaired) electrons. The van der Waals surface area contributed by atoms with Gasteiger partial charge in [-0.25, -0.2) is 12.8 Å². The summed E-state index contributed by atoms with van der Waals surface area (Å²) in [5, 5.41) is -0.218. The van der Waals surface area contributed by atoms with E-state index in [9.17, 15) is 12.8 Å². The van der Waals surface area contributed by atoms with E-state index in [1.807, 2.05) is 6.07 Å². The van der Waals surface area contributed by atoms with Gasteiger partial charge in [-0.1, -0.05) is 11.6 Å². The van der Waals surface area contributed by atoms with Gasteiger partial charge in [0.2, 0.25) is 10.0 Å². The Kier molecular flexibility index (Phi) is 4.90. The van der Waals surface area contributed by atoms with Crippen LogP contribution in [0.5, 0.6) is 11.5 Å². The molecule has 0 amide bonds. The second-order valence-corrected chi connectivity index (χ2v) is 7.99. The highest BCUT2D eigenvalue weighted by molar-refractivity contribution is 7.89. The summed E-state index contributed by atoms with van der Waals surface area (Å²) in [6, 6.07) is 7.07. The molecule has 134 valence electrons. The van der Waals surface area contributed by atoms with Crippen LogP contribution in [-0.2, 0) is 23.0 Å². The molecule has 0 fully saturated rings. The van der Waals surface area contributed by atoms with Crippen LogP contribution in [0.25, 0.3) is 0 Å². The van der Waals surface area contributed by atoms with E-state index in [0.717, 1.165) is 23.3 Å². The van der Waals surface area contributed by atoms with Crippen LogP contribution in [0.2, 0.25) is 5.02 Å². The van der Waals surface area contributed by atoms with Gasteiger partial charge in [-0.2, -0.15) is 4.31 Å². The number of hydrogen-bond donors (Lipinski definition) is 0. The Balaban J connectivity index is 1.95. The SMILES string of the molecule is COc1cc2c(cc1OC)CN(S(=O)(=O)c1ccc(F)c(Cl)c1)CC2. The molecule has 0 aliphatic carbocycles. The van der Waals surface area contributed by atoms with Crippen LogP contribution in [0.15, 0.2) is 35.2 Å². The molecule has 0 N–H and O–H groups in total. The maximum absolute atomic E-state index is 13.3. The van der Waals surface area contributed by atoms with Crippen molar-refractivity contribution < 1.29 is 22.3 Å². The fraction of sp³-hybridized carbons (Fsp3) is 0.294. The number of hydrogen-bond acceptors (Lipinski definition) is 4. The second-order valence-electron chi connectivity index (χ2n) is 5.64. The molecule has 0 atom stereocenters. The van der Waals surface area contributed by atoms with Crippen molar-refractivity contribution in [2.24, 2.45) is 0 Å². The topological polar surface area (TPSA) is 55.8 Å². The molecule has 3 rings (SSSR count). The van der Waals surface area contributed by atoms with Gasteiger partial charge < -0.3 is 9.47 Å². The Hall–Kier alpha value is -1.83. The Morgan fingerprint density at radius 1 is 1.08 bits per heavy atom. The van der Waals surface area contributed by atoms with Crippen LogP contribution >= 0.6 is 11.6 Å². The third-order valence-corrected chi connectivity index (χ3v) is 6.34. The zero-order chi connectivity index (χ0) is 18.2. The number of halogens is 2. The summed E-state index contributed by atoms with van der Waals surface area (Å²) in [6.45, 7) is 0.521. The van der Waals surface area contributed by atoms with Gasteiger partial charge >= 0.3 is 0 Å². The van der Waals surface area contributed by atoms with Gasteiger partial charge in [0.1, 0.15) is 5.82 Å². The molecule has 1 aliphatic heterocycles. The lowest BCUT2D eigenvalue weighted by molar-refractivity contribution is 0.348. The molecule has 0 saturated heterocycles. The monoisotopic (exact) mass is 385 g/mol. The van der Waals surface area contributed by atoms with Crippen LogP contribution in [0.3, 0.4) is 0 Å². The molecule has 0 bridgehead atoms. The summed E-state index contributed by atoms with van der Waals surface area (Å²) < 4.78 is 50.9. The van der Waals surface area contributed by atoms with Gasteiger partial charge in [-0.3, -0.25) is 0 Å². The normalized spacial score (nSPS) is 14.9. The van der Waals surface area contributed by atoms with Crippen molar-refractivity contribution in [1.29, 1.82) is 0 Å². The molecule has 0 unspecified atom stereocenters. The first-order chi connectivity index (χ1) is 11.9. The molecular weight excluding hydrogens is 369 g/mol. The quantitative estimate of drug-likeness (QED) is 0.810. The molecule has 5 nitrogen and oxygen atoms in total. The number of sulfonamides is 1. The zero-order valence-electron chi connectivity index (χ0n) is 13.8. The molecule has 0 aromatic heterocycles. The smallest absolute Gasteiger partial charge is 0.243 e. The van der Waals surface area contributed by atoms with Crippen molar-refractivity contribution in [3.05, 3.63) is 52.3 Å². The number of methoxy groups -OCH3 is 2. The minimum absolute atomic E-state index is 0.0252. The summed E-state index contributed by atoms with van der Waals surface area (Å²) in [5.41, 5.74) is 1.86. The molecule has 1 heterocycles. The third kappa shape index (κ3) is 3.31. The van der Waals surface area contributed by atoms with E-state index in [0.29, 0.717) is 24.5 Å². The lowest BCUT2D eigenvalue weighted by atomic mass is 10.0. The van der Waals surface area contributed by atoms with Crippen molar-refractivity contribution in [3.63, 3.8) is 0 Å². The summed E-state index contributed by atoms with van der Waals surface area (Å²) in [7, 11) is -0.682. The third-order valence-electron chi connectivity index (χ3n) is 4.21. The average Bonchev–Trinajstić information content (AvgIpc) is 2.62. The Labute approximate surface area is 151 Å². The van der Waals surface area contributed by atoms with E-state index in [-0.39, 0.29) is 16.5 Å². The van der Waals surface area contributed by atoms with E-state index in [2.05, 4.69) is 0 Å². The molecule has 25 heavy (non-hydrogen) atoms. The average molecular weight is 386 g/mol. The molecule has 2 aromatic rings. The Bertz CT molecular complexity index is 917. The zero-order valence-corrected chi connectivity index (χ0v) is 15.3. The van der Waals surface area contributed by atoms with Crippen LogP contribution in [0, 0.1) is 5.82 Å². The predicted octanol–water partition coefficient (Wildman–Crippen LogP) is 3.24. The number of benzene rings is 2. The largest absolute Gasteiger partial charge is 0.493 e. The van der Waals surface area contributed by atoms with Gasteiger partial charge in [-0.05, 0) is 47.9 Å². The first kappa shape index (κ1) is 18.0. The first-order valence-electron chi connectivity index (χ1n) is 7.56. The number of ether oxygens (including phenoxy) is 2. The Morgan fingerprint density at radius 3 is 2.32 bits per heavy atom. The maximum atomic E-state index is 13.3. The minimum atomic E-state index is -3.77. The van der Waals surface area contributed by atoms with Gasteiger partial charge in [0.05, 0.1) is 24.1 Å². The van der Waals surface area contributed by atoms with Crippen molar-refractivity contribution >= 4 is 21.6 Å². The summed E-state index contributed by atoms with van der Waals surface area (Å²) in [5.74, 6) is 0.509.